The highest BCUT2D eigenvalue weighted by molar-refractivity contribution is 6.08. The lowest BCUT2D eigenvalue weighted by Gasteiger charge is -2.07. The molecule has 1 aromatic heterocycles. The number of furan rings is 1. The van der Waals surface area contributed by atoms with Gasteiger partial charge in [-0.05, 0) is 55.2 Å². The molecule has 0 saturated heterocycles. The second-order valence-corrected chi connectivity index (χ2v) is 6.01. The molecule has 2 N–H and O–H groups in total. The predicted octanol–water partition coefficient (Wildman–Crippen LogP) is 4.69. The minimum absolute atomic E-state index is 0.128. The minimum atomic E-state index is -1.05. The van der Waals surface area contributed by atoms with Crippen LogP contribution in [0.1, 0.15) is 28.8 Å². The Labute approximate surface area is 137 Å². The van der Waals surface area contributed by atoms with Crippen LogP contribution in [0.3, 0.4) is 0 Å². The molecule has 0 saturated carbocycles. The van der Waals surface area contributed by atoms with Gasteiger partial charge in [0.05, 0.1) is 0 Å². The summed E-state index contributed by atoms with van der Waals surface area (Å²) >= 11 is 0. The van der Waals surface area contributed by atoms with Gasteiger partial charge in [-0.2, -0.15) is 0 Å². The van der Waals surface area contributed by atoms with Crippen molar-refractivity contribution in [1.82, 2.24) is 0 Å². The number of fused-ring (bicyclic) bond motifs is 2. The summed E-state index contributed by atoms with van der Waals surface area (Å²) in [5.41, 5.74) is 3.31. The van der Waals surface area contributed by atoms with Crippen LogP contribution in [0.2, 0.25) is 0 Å². The third-order valence-corrected chi connectivity index (χ3v) is 4.42. The Morgan fingerprint density at radius 1 is 1.17 bits per heavy atom. The number of carboxylic acids is 1. The average molecular weight is 325 g/mol. The van der Waals surface area contributed by atoms with Crippen molar-refractivity contribution in [1.29, 1.82) is 0 Å². The molecule has 4 nitrogen and oxygen atoms in total. The van der Waals surface area contributed by atoms with Crippen LogP contribution in [0.25, 0.3) is 22.3 Å². The number of hydrogen-bond donors (Lipinski definition) is 2. The Kier molecular flexibility index (Phi) is 3.49. The van der Waals surface area contributed by atoms with Crippen LogP contribution in [0.15, 0.2) is 40.8 Å². The summed E-state index contributed by atoms with van der Waals surface area (Å²) in [4.78, 5) is 11.8. The Bertz CT molecular complexity index is 928. The second-order valence-electron chi connectivity index (χ2n) is 6.01. The lowest BCUT2D eigenvalue weighted by atomic mass is 10.0. The van der Waals surface area contributed by atoms with E-state index in [-0.39, 0.29) is 17.1 Å². The minimum Gasteiger partial charge on any atom is -0.478 e. The highest BCUT2D eigenvalue weighted by Crippen LogP contribution is 2.37. The maximum atomic E-state index is 13.2. The van der Waals surface area contributed by atoms with Gasteiger partial charge < -0.3 is 14.8 Å². The third kappa shape index (κ3) is 2.42. The van der Waals surface area contributed by atoms with Crippen LogP contribution in [-0.2, 0) is 6.42 Å². The van der Waals surface area contributed by atoms with Crippen molar-refractivity contribution in [2.75, 3.05) is 11.9 Å². The Morgan fingerprint density at radius 2 is 1.96 bits per heavy atom. The Hall–Kier alpha value is -2.82. The van der Waals surface area contributed by atoms with Crippen molar-refractivity contribution in [3.63, 3.8) is 0 Å². The van der Waals surface area contributed by atoms with E-state index in [0.717, 1.165) is 37.1 Å². The summed E-state index contributed by atoms with van der Waals surface area (Å²) in [7, 11) is 0. The van der Waals surface area contributed by atoms with Gasteiger partial charge in [0.2, 0.25) is 0 Å². The maximum Gasteiger partial charge on any atom is 0.340 e. The number of hydrogen-bond acceptors (Lipinski definition) is 3. The lowest BCUT2D eigenvalue weighted by molar-refractivity contribution is 0.0699. The molecule has 0 fully saturated rings. The molecule has 3 aromatic rings. The molecule has 2 aromatic carbocycles. The number of carbonyl (C=O) groups is 1. The summed E-state index contributed by atoms with van der Waals surface area (Å²) in [6, 6.07) is 9.43. The number of carboxylic acid groups (broad SMARTS) is 1. The summed E-state index contributed by atoms with van der Waals surface area (Å²) < 4.78 is 19.0. The molecule has 5 heteroatoms. The van der Waals surface area contributed by atoms with E-state index in [1.165, 1.54) is 24.3 Å². The normalized spacial score (nSPS) is 14.0. The highest BCUT2D eigenvalue weighted by Gasteiger charge is 2.23. The van der Waals surface area contributed by atoms with Crippen molar-refractivity contribution >= 4 is 22.6 Å². The first kappa shape index (κ1) is 14.8. The van der Waals surface area contributed by atoms with Gasteiger partial charge in [0.15, 0.2) is 0 Å². The number of rotatable bonds is 2. The molecule has 0 atom stereocenters. The topological polar surface area (TPSA) is 62.5 Å². The van der Waals surface area contributed by atoms with Crippen molar-refractivity contribution in [3.8, 4) is 11.3 Å². The molecule has 122 valence electrons. The molecule has 24 heavy (non-hydrogen) atoms. The van der Waals surface area contributed by atoms with Gasteiger partial charge in [-0.15, -0.1) is 0 Å². The second kappa shape index (κ2) is 5.67. The van der Waals surface area contributed by atoms with Crippen LogP contribution in [0.4, 0.5) is 10.1 Å². The zero-order chi connectivity index (χ0) is 16.7. The first-order chi connectivity index (χ1) is 11.6. The van der Waals surface area contributed by atoms with E-state index in [2.05, 4.69) is 5.32 Å². The van der Waals surface area contributed by atoms with E-state index in [0.29, 0.717) is 16.5 Å². The molecule has 1 aliphatic heterocycles. The van der Waals surface area contributed by atoms with Crippen molar-refractivity contribution in [2.24, 2.45) is 0 Å². The van der Waals surface area contributed by atoms with Gasteiger partial charge >= 0.3 is 5.97 Å². The zero-order valence-corrected chi connectivity index (χ0v) is 12.9. The molecule has 1 aliphatic rings. The summed E-state index contributed by atoms with van der Waals surface area (Å²) in [5, 5.41) is 13.6. The number of benzene rings is 2. The van der Waals surface area contributed by atoms with Gasteiger partial charge in [-0.1, -0.05) is 0 Å². The monoisotopic (exact) mass is 325 g/mol. The first-order valence-electron chi connectivity index (χ1n) is 7.96. The van der Waals surface area contributed by atoms with E-state index in [9.17, 15) is 14.3 Å². The van der Waals surface area contributed by atoms with E-state index in [1.807, 2.05) is 12.1 Å². The van der Waals surface area contributed by atoms with Gasteiger partial charge in [-0.25, -0.2) is 9.18 Å². The first-order valence-corrected chi connectivity index (χ1v) is 7.96. The van der Waals surface area contributed by atoms with Gasteiger partial charge in [-0.3, -0.25) is 0 Å². The van der Waals surface area contributed by atoms with Crippen LogP contribution in [0, 0.1) is 5.82 Å². The van der Waals surface area contributed by atoms with Gasteiger partial charge in [0.25, 0.3) is 0 Å². The van der Waals surface area contributed by atoms with Crippen molar-refractivity contribution in [2.45, 2.75) is 19.3 Å². The van der Waals surface area contributed by atoms with E-state index in [4.69, 9.17) is 4.42 Å². The van der Waals surface area contributed by atoms with Gasteiger partial charge in [0.1, 0.15) is 22.7 Å². The molecule has 0 amide bonds. The van der Waals surface area contributed by atoms with E-state index >= 15 is 0 Å². The number of anilines is 1. The fourth-order valence-corrected chi connectivity index (χ4v) is 3.24. The van der Waals surface area contributed by atoms with E-state index < -0.39 is 5.97 Å². The number of aryl methyl sites for hydroxylation is 1. The summed E-state index contributed by atoms with van der Waals surface area (Å²) in [5.74, 6) is -1.16. The van der Waals surface area contributed by atoms with Crippen LogP contribution >= 0.6 is 0 Å². The fraction of sp³-hybridized carbons (Fsp3) is 0.211. The smallest absolute Gasteiger partial charge is 0.340 e. The van der Waals surface area contributed by atoms with Crippen LogP contribution < -0.4 is 5.32 Å². The predicted molar refractivity (Wildman–Crippen MR) is 90.0 cm³/mol. The summed E-state index contributed by atoms with van der Waals surface area (Å²) in [6.45, 7) is 0.899. The Balaban J connectivity index is 1.96. The quantitative estimate of drug-likeness (QED) is 0.718. The number of aromatic carboxylic acids is 1. The third-order valence-electron chi connectivity index (χ3n) is 4.42. The standard InChI is InChI=1S/C19H16FNO3/c20-13-6-4-11(5-7-13)18-17(19(22)23)14-9-12-3-1-2-8-21-15(12)10-16(14)24-18/h4-7,9-10,21H,1-3,8H2,(H,22,23). The molecule has 2 heterocycles. The molecule has 4 rings (SSSR count). The van der Waals surface area contributed by atoms with E-state index in [1.54, 1.807) is 0 Å². The van der Waals surface area contributed by atoms with Crippen LogP contribution in [0.5, 0.6) is 0 Å². The van der Waals surface area contributed by atoms with Crippen LogP contribution in [-0.4, -0.2) is 17.6 Å². The molecular formula is C19H16FNO3. The zero-order valence-electron chi connectivity index (χ0n) is 12.9. The lowest BCUT2D eigenvalue weighted by Crippen LogP contribution is -2.00. The molecule has 0 aliphatic carbocycles. The molecule has 0 spiro atoms. The van der Waals surface area contributed by atoms with Crippen molar-refractivity contribution in [3.05, 3.63) is 53.3 Å². The average Bonchev–Trinajstić information content (AvgIpc) is 2.77. The van der Waals surface area contributed by atoms with Crippen molar-refractivity contribution < 1.29 is 18.7 Å². The molecule has 0 unspecified atom stereocenters. The number of halogens is 1. The fourth-order valence-electron chi connectivity index (χ4n) is 3.24. The Morgan fingerprint density at radius 3 is 2.71 bits per heavy atom. The maximum absolute atomic E-state index is 13.2. The molecule has 0 bridgehead atoms. The summed E-state index contributed by atoms with van der Waals surface area (Å²) in [6.07, 6.45) is 3.06. The number of nitrogens with one attached hydrogen (secondary N) is 1. The molecule has 0 radical (unpaired) electrons. The van der Waals surface area contributed by atoms with Gasteiger partial charge in [0, 0.05) is 29.2 Å². The SMILES string of the molecule is O=C(O)c1c(-c2ccc(F)cc2)oc2cc3c(cc12)CCCCN3. The largest absolute Gasteiger partial charge is 0.478 e. The highest BCUT2D eigenvalue weighted by atomic mass is 19.1. The molecular weight excluding hydrogens is 309 g/mol.